The van der Waals surface area contributed by atoms with Crippen LogP contribution in [0, 0.1) is 24.1 Å². The number of hydrogen-bond donors (Lipinski definition) is 2. The van der Waals surface area contributed by atoms with E-state index >= 15 is 0 Å². The lowest BCUT2D eigenvalue weighted by Gasteiger charge is -2.21. The van der Waals surface area contributed by atoms with Crippen LogP contribution in [0.2, 0.25) is 0 Å². The maximum atomic E-state index is 14.2. The minimum absolute atomic E-state index is 0.114. The summed E-state index contributed by atoms with van der Waals surface area (Å²) in [5, 5.41) is 13.6. The number of nitrogens with two attached hydrogens (primary N) is 1. The van der Waals surface area contributed by atoms with E-state index in [9.17, 15) is 9.65 Å². The quantitative estimate of drug-likeness (QED) is 0.514. The topological polar surface area (TPSA) is 101 Å². The number of nitrogen functional groups attached to an aromatic ring is 1. The molecule has 0 aliphatic rings. The fourth-order valence-corrected chi connectivity index (χ4v) is 3.61. The van der Waals surface area contributed by atoms with Gasteiger partial charge in [0.2, 0.25) is 0 Å². The van der Waals surface area contributed by atoms with E-state index in [1.165, 1.54) is 18.5 Å². The van der Waals surface area contributed by atoms with E-state index in [0.717, 1.165) is 33.2 Å². The van der Waals surface area contributed by atoms with E-state index in [0.29, 0.717) is 5.82 Å². The minimum Gasteiger partial charge on any atom is -0.382 e. The predicted molar refractivity (Wildman–Crippen MR) is 115 cm³/mol. The first-order valence-electron chi connectivity index (χ1n) is 9.40. The zero-order valence-electron chi connectivity index (χ0n) is 16.5. The van der Waals surface area contributed by atoms with Gasteiger partial charge < -0.3 is 11.1 Å². The molecule has 2 aromatic heterocycles. The highest BCUT2D eigenvalue weighted by atomic mass is 19.1. The second-order valence-corrected chi connectivity index (χ2v) is 7.08. The number of benzene rings is 2. The molecule has 1 atom stereocenters. The number of aromatic nitrogens is 3. The van der Waals surface area contributed by atoms with Crippen molar-refractivity contribution >= 4 is 22.5 Å². The third kappa shape index (κ3) is 3.51. The standard InChI is InChI=1S/C23H19FN6/c1-13-8-16(10-17(24)9-13)20-18(6-5-15-4-3-7-27-21(15)20)14(2)30-23-19(11-25)22(26)28-12-29-23/h3-10,12,14H,1-2H3,(H3,26,28,29,30). The Kier molecular flexibility index (Phi) is 4.98. The van der Waals surface area contributed by atoms with Crippen LogP contribution in [-0.4, -0.2) is 15.0 Å². The average molecular weight is 398 g/mol. The first-order chi connectivity index (χ1) is 14.5. The second kappa shape index (κ2) is 7.76. The molecular weight excluding hydrogens is 379 g/mol. The van der Waals surface area contributed by atoms with Crippen LogP contribution in [-0.2, 0) is 0 Å². The number of nitriles is 1. The lowest BCUT2D eigenvalue weighted by Crippen LogP contribution is -2.12. The van der Waals surface area contributed by atoms with Crippen molar-refractivity contribution in [2.45, 2.75) is 19.9 Å². The third-order valence-corrected chi connectivity index (χ3v) is 4.95. The Morgan fingerprint density at radius 3 is 2.73 bits per heavy atom. The maximum Gasteiger partial charge on any atom is 0.150 e. The van der Waals surface area contributed by atoms with E-state index in [-0.39, 0.29) is 23.2 Å². The van der Waals surface area contributed by atoms with Crippen molar-refractivity contribution in [3.05, 3.63) is 77.5 Å². The lowest BCUT2D eigenvalue weighted by atomic mass is 9.91. The van der Waals surface area contributed by atoms with Gasteiger partial charge in [0.05, 0.1) is 11.6 Å². The maximum absolute atomic E-state index is 14.2. The summed E-state index contributed by atoms with van der Waals surface area (Å²) in [5.74, 6) is 0.156. The molecule has 3 N–H and O–H groups in total. The molecule has 0 aliphatic heterocycles. The van der Waals surface area contributed by atoms with E-state index in [1.807, 2.05) is 50.2 Å². The van der Waals surface area contributed by atoms with Crippen LogP contribution >= 0.6 is 0 Å². The molecule has 0 fully saturated rings. The highest BCUT2D eigenvalue weighted by Crippen LogP contribution is 2.36. The van der Waals surface area contributed by atoms with Crippen molar-refractivity contribution in [2.24, 2.45) is 0 Å². The third-order valence-electron chi connectivity index (χ3n) is 4.95. The summed E-state index contributed by atoms with van der Waals surface area (Å²) >= 11 is 0. The number of anilines is 2. The highest BCUT2D eigenvalue weighted by Gasteiger charge is 2.19. The van der Waals surface area contributed by atoms with Crippen molar-refractivity contribution in [3.63, 3.8) is 0 Å². The molecule has 30 heavy (non-hydrogen) atoms. The molecule has 0 radical (unpaired) electrons. The molecule has 0 bridgehead atoms. The smallest absolute Gasteiger partial charge is 0.150 e. The molecule has 0 saturated heterocycles. The first kappa shape index (κ1) is 19.3. The summed E-state index contributed by atoms with van der Waals surface area (Å²) in [6, 6.07) is 14.5. The molecule has 0 aliphatic carbocycles. The molecule has 1 unspecified atom stereocenters. The molecule has 0 spiro atoms. The summed E-state index contributed by atoms with van der Waals surface area (Å²) in [4.78, 5) is 12.6. The number of hydrogen-bond acceptors (Lipinski definition) is 6. The fourth-order valence-electron chi connectivity index (χ4n) is 3.61. The number of rotatable bonds is 4. The van der Waals surface area contributed by atoms with Crippen LogP contribution in [0.15, 0.2) is 55.0 Å². The molecule has 2 aromatic carbocycles. The largest absolute Gasteiger partial charge is 0.382 e. The minimum atomic E-state index is -0.306. The Balaban J connectivity index is 1.89. The predicted octanol–water partition coefficient (Wildman–Crippen LogP) is 4.77. The van der Waals surface area contributed by atoms with Gasteiger partial charge in [-0.15, -0.1) is 0 Å². The number of fused-ring (bicyclic) bond motifs is 1. The highest BCUT2D eigenvalue weighted by molar-refractivity contribution is 5.96. The zero-order chi connectivity index (χ0) is 21.3. The normalized spacial score (nSPS) is 11.8. The molecule has 6 nitrogen and oxygen atoms in total. The van der Waals surface area contributed by atoms with Gasteiger partial charge in [-0.3, -0.25) is 4.98 Å². The Morgan fingerprint density at radius 2 is 1.97 bits per heavy atom. The number of nitrogens with zero attached hydrogens (tertiary/aromatic N) is 4. The molecule has 0 saturated carbocycles. The zero-order valence-corrected chi connectivity index (χ0v) is 16.5. The van der Waals surface area contributed by atoms with Crippen molar-refractivity contribution in [1.29, 1.82) is 5.26 Å². The van der Waals surface area contributed by atoms with Gasteiger partial charge in [0, 0.05) is 17.1 Å². The Morgan fingerprint density at radius 1 is 1.13 bits per heavy atom. The lowest BCUT2D eigenvalue weighted by molar-refractivity contribution is 0.627. The van der Waals surface area contributed by atoms with E-state index in [2.05, 4.69) is 20.3 Å². The second-order valence-electron chi connectivity index (χ2n) is 7.08. The van der Waals surface area contributed by atoms with Crippen LogP contribution < -0.4 is 11.1 Å². The Hall–Kier alpha value is -4.05. The Labute approximate surface area is 173 Å². The van der Waals surface area contributed by atoms with Gasteiger partial charge in [0.1, 0.15) is 35.4 Å². The van der Waals surface area contributed by atoms with Gasteiger partial charge in [-0.1, -0.05) is 24.3 Å². The van der Waals surface area contributed by atoms with Gasteiger partial charge in [-0.2, -0.15) is 5.26 Å². The summed E-state index contributed by atoms with van der Waals surface area (Å²) in [6.07, 6.45) is 3.03. The van der Waals surface area contributed by atoms with Gasteiger partial charge in [0.25, 0.3) is 0 Å². The summed E-state index contributed by atoms with van der Waals surface area (Å²) in [5.41, 5.74) is 10.1. The molecule has 0 amide bonds. The molecular formula is C23H19FN6. The fraction of sp³-hybridized carbons (Fsp3) is 0.130. The van der Waals surface area contributed by atoms with Gasteiger partial charge in [-0.25, -0.2) is 14.4 Å². The number of pyridine rings is 1. The van der Waals surface area contributed by atoms with Crippen LogP contribution in [0.1, 0.15) is 29.7 Å². The summed E-state index contributed by atoms with van der Waals surface area (Å²) in [7, 11) is 0. The number of halogens is 1. The molecule has 4 aromatic rings. The molecule has 148 valence electrons. The van der Waals surface area contributed by atoms with Crippen LogP contribution in [0.5, 0.6) is 0 Å². The molecule has 2 heterocycles. The van der Waals surface area contributed by atoms with E-state index in [4.69, 9.17) is 5.73 Å². The number of aryl methyl sites for hydroxylation is 1. The first-order valence-corrected chi connectivity index (χ1v) is 9.40. The average Bonchev–Trinajstić information content (AvgIpc) is 2.72. The summed E-state index contributed by atoms with van der Waals surface area (Å²) < 4.78 is 14.2. The Bertz CT molecular complexity index is 1270. The van der Waals surface area contributed by atoms with Gasteiger partial charge >= 0.3 is 0 Å². The van der Waals surface area contributed by atoms with Crippen LogP contribution in [0.25, 0.3) is 22.0 Å². The monoisotopic (exact) mass is 398 g/mol. The van der Waals surface area contributed by atoms with Crippen LogP contribution in [0.3, 0.4) is 0 Å². The van der Waals surface area contributed by atoms with Gasteiger partial charge in [-0.05, 0) is 48.7 Å². The van der Waals surface area contributed by atoms with Crippen molar-refractivity contribution < 1.29 is 4.39 Å². The van der Waals surface area contributed by atoms with Crippen molar-refractivity contribution in [1.82, 2.24) is 15.0 Å². The van der Waals surface area contributed by atoms with Gasteiger partial charge in [0.15, 0.2) is 0 Å². The van der Waals surface area contributed by atoms with Crippen molar-refractivity contribution in [3.8, 4) is 17.2 Å². The summed E-state index contributed by atoms with van der Waals surface area (Å²) in [6.45, 7) is 3.80. The van der Waals surface area contributed by atoms with E-state index < -0.39 is 0 Å². The van der Waals surface area contributed by atoms with Crippen molar-refractivity contribution in [2.75, 3.05) is 11.1 Å². The molecule has 7 heteroatoms. The SMILES string of the molecule is Cc1cc(F)cc(-c2c(C(C)Nc3ncnc(N)c3C#N)ccc3cccnc23)c1. The van der Waals surface area contributed by atoms with Crippen LogP contribution in [0.4, 0.5) is 16.0 Å². The molecule has 4 rings (SSSR count). The van der Waals surface area contributed by atoms with E-state index in [1.54, 1.807) is 6.20 Å². The number of nitrogens with one attached hydrogen (secondary N) is 1.